The smallest absolute Gasteiger partial charge is 0.328 e. The molecule has 0 aliphatic carbocycles. The first-order valence-corrected chi connectivity index (χ1v) is 8.91. The summed E-state index contributed by atoms with van der Waals surface area (Å²) in [6.07, 6.45) is 1.70. The topological polar surface area (TPSA) is 63.7 Å². The van der Waals surface area contributed by atoms with Gasteiger partial charge in [-0.2, -0.15) is 0 Å². The molecule has 6 heteroatoms. The Balaban J connectivity index is 2.20. The van der Waals surface area contributed by atoms with Crippen LogP contribution >= 0.6 is 0 Å². The van der Waals surface area contributed by atoms with Gasteiger partial charge in [-0.1, -0.05) is 6.92 Å². The third-order valence-electron chi connectivity index (χ3n) is 3.72. The van der Waals surface area contributed by atoms with Crippen LogP contribution in [0.1, 0.15) is 26.7 Å². The standard InChI is InChI=1S/C15H21NO4S/c1-3-20-15(17)14-6-5-11-16(14)12-7-9-13(10-8-12)21(18,19)4-2/h7-10,14H,3-6,11H2,1-2H3. The highest BCUT2D eigenvalue weighted by atomic mass is 32.2. The number of carbonyl (C=O) groups is 1. The molecule has 0 amide bonds. The first kappa shape index (κ1) is 15.8. The number of benzene rings is 1. The lowest BCUT2D eigenvalue weighted by Crippen LogP contribution is -2.37. The molecule has 1 aromatic carbocycles. The fraction of sp³-hybridized carbons (Fsp3) is 0.533. The van der Waals surface area contributed by atoms with Gasteiger partial charge in [-0.15, -0.1) is 0 Å². The number of hydrogen-bond acceptors (Lipinski definition) is 5. The first-order valence-electron chi connectivity index (χ1n) is 7.25. The zero-order valence-electron chi connectivity index (χ0n) is 12.4. The molecule has 21 heavy (non-hydrogen) atoms. The molecular weight excluding hydrogens is 290 g/mol. The van der Waals surface area contributed by atoms with E-state index in [1.54, 1.807) is 38.1 Å². The van der Waals surface area contributed by atoms with Crippen molar-refractivity contribution in [2.45, 2.75) is 37.6 Å². The molecule has 0 saturated carbocycles. The summed E-state index contributed by atoms with van der Waals surface area (Å²) in [5, 5.41) is 0. The van der Waals surface area contributed by atoms with Crippen molar-refractivity contribution in [1.29, 1.82) is 0 Å². The highest BCUT2D eigenvalue weighted by Gasteiger charge is 2.32. The number of esters is 1. The molecule has 1 unspecified atom stereocenters. The zero-order valence-corrected chi connectivity index (χ0v) is 13.2. The molecule has 116 valence electrons. The second-order valence-electron chi connectivity index (χ2n) is 5.00. The summed E-state index contributed by atoms with van der Waals surface area (Å²) in [7, 11) is -3.19. The summed E-state index contributed by atoms with van der Waals surface area (Å²) in [4.78, 5) is 14.2. The minimum absolute atomic E-state index is 0.0848. The predicted octanol–water partition coefficient (Wildman–Crippen LogP) is 2.01. The molecule has 0 spiro atoms. The van der Waals surface area contributed by atoms with E-state index in [0.29, 0.717) is 11.5 Å². The maximum atomic E-state index is 11.9. The molecule has 1 atom stereocenters. The van der Waals surface area contributed by atoms with E-state index in [4.69, 9.17) is 4.74 Å². The normalized spacial score (nSPS) is 18.8. The van der Waals surface area contributed by atoms with Crippen LogP contribution in [0, 0.1) is 0 Å². The lowest BCUT2D eigenvalue weighted by molar-refractivity contribution is -0.144. The molecule has 1 fully saturated rings. The Labute approximate surface area is 125 Å². The van der Waals surface area contributed by atoms with Crippen LogP contribution < -0.4 is 4.90 Å². The van der Waals surface area contributed by atoms with Crippen LogP contribution in [-0.4, -0.2) is 39.3 Å². The maximum absolute atomic E-state index is 11.9. The highest BCUT2D eigenvalue weighted by Crippen LogP contribution is 2.27. The van der Waals surface area contributed by atoms with E-state index in [9.17, 15) is 13.2 Å². The number of rotatable bonds is 5. The van der Waals surface area contributed by atoms with Gasteiger partial charge in [-0.3, -0.25) is 0 Å². The molecule has 1 aliphatic rings. The molecule has 2 rings (SSSR count). The van der Waals surface area contributed by atoms with Gasteiger partial charge in [0.2, 0.25) is 0 Å². The van der Waals surface area contributed by atoms with Gasteiger partial charge in [-0.05, 0) is 44.0 Å². The monoisotopic (exact) mass is 311 g/mol. The quantitative estimate of drug-likeness (QED) is 0.778. The summed E-state index contributed by atoms with van der Waals surface area (Å²) in [6, 6.07) is 6.47. The molecule has 0 radical (unpaired) electrons. The SMILES string of the molecule is CCOC(=O)C1CCCN1c1ccc(S(=O)(=O)CC)cc1. The minimum atomic E-state index is -3.19. The molecule has 1 saturated heterocycles. The van der Waals surface area contributed by atoms with Crippen molar-refractivity contribution in [3.8, 4) is 0 Å². The van der Waals surface area contributed by atoms with Crippen molar-refractivity contribution in [2.24, 2.45) is 0 Å². The van der Waals surface area contributed by atoms with Gasteiger partial charge >= 0.3 is 5.97 Å². The highest BCUT2D eigenvalue weighted by molar-refractivity contribution is 7.91. The largest absolute Gasteiger partial charge is 0.464 e. The second-order valence-corrected chi connectivity index (χ2v) is 7.28. The van der Waals surface area contributed by atoms with Gasteiger partial charge in [0, 0.05) is 12.2 Å². The third kappa shape index (κ3) is 3.37. The van der Waals surface area contributed by atoms with Crippen LogP contribution in [0.2, 0.25) is 0 Å². The Morgan fingerprint density at radius 1 is 1.29 bits per heavy atom. The van der Waals surface area contributed by atoms with E-state index >= 15 is 0 Å². The Kier molecular flexibility index (Phi) is 4.88. The summed E-state index contributed by atoms with van der Waals surface area (Å²) in [5.74, 6) is -0.123. The van der Waals surface area contributed by atoms with Crippen molar-refractivity contribution < 1.29 is 17.9 Å². The minimum Gasteiger partial charge on any atom is -0.464 e. The number of nitrogens with zero attached hydrogens (tertiary/aromatic N) is 1. The van der Waals surface area contributed by atoms with Crippen LogP contribution in [0.25, 0.3) is 0 Å². The summed E-state index contributed by atoms with van der Waals surface area (Å²) < 4.78 is 28.7. The molecular formula is C15H21NO4S. The third-order valence-corrected chi connectivity index (χ3v) is 5.47. The average molecular weight is 311 g/mol. The van der Waals surface area contributed by atoms with E-state index in [-0.39, 0.29) is 17.8 Å². The molecule has 5 nitrogen and oxygen atoms in total. The predicted molar refractivity (Wildman–Crippen MR) is 81.2 cm³/mol. The van der Waals surface area contributed by atoms with Gasteiger partial charge < -0.3 is 9.64 Å². The molecule has 0 bridgehead atoms. The van der Waals surface area contributed by atoms with Crippen molar-refractivity contribution >= 4 is 21.5 Å². The van der Waals surface area contributed by atoms with Crippen molar-refractivity contribution in [3.63, 3.8) is 0 Å². The summed E-state index contributed by atoms with van der Waals surface area (Å²) >= 11 is 0. The van der Waals surface area contributed by atoms with E-state index in [0.717, 1.165) is 25.1 Å². The lowest BCUT2D eigenvalue weighted by atomic mass is 10.2. The Bertz CT molecular complexity index is 595. The van der Waals surface area contributed by atoms with Crippen LogP contribution in [-0.2, 0) is 19.4 Å². The second kappa shape index (κ2) is 6.47. The average Bonchev–Trinajstić information content (AvgIpc) is 2.97. The molecule has 1 aromatic rings. The van der Waals surface area contributed by atoms with Gasteiger partial charge in [0.05, 0.1) is 17.3 Å². The number of anilines is 1. The van der Waals surface area contributed by atoms with Crippen molar-refractivity contribution in [2.75, 3.05) is 23.8 Å². The molecule has 0 N–H and O–H groups in total. The Hall–Kier alpha value is -1.56. The zero-order chi connectivity index (χ0) is 15.5. The first-order chi connectivity index (χ1) is 9.99. The number of ether oxygens (including phenoxy) is 1. The number of carbonyl (C=O) groups excluding carboxylic acids is 1. The Morgan fingerprint density at radius 2 is 1.95 bits per heavy atom. The summed E-state index contributed by atoms with van der Waals surface area (Å²) in [5.41, 5.74) is 0.862. The van der Waals surface area contributed by atoms with Crippen LogP contribution in [0.5, 0.6) is 0 Å². The summed E-state index contributed by atoms with van der Waals surface area (Å²) in [6.45, 7) is 4.57. The maximum Gasteiger partial charge on any atom is 0.328 e. The Morgan fingerprint density at radius 3 is 2.52 bits per heavy atom. The molecule has 0 aromatic heterocycles. The van der Waals surface area contributed by atoms with Crippen molar-refractivity contribution in [1.82, 2.24) is 0 Å². The van der Waals surface area contributed by atoms with E-state index < -0.39 is 9.84 Å². The van der Waals surface area contributed by atoms with E-state index in [1.165, 1.54) is 0 Å². The van der Waals surface area contributed by atoms with Gasteiger partial charge in [0.1, 0.15) is 6.04 Å². The number of sulfone groups is 1. The fourth-order valence-electron chi connectivity index (χ4n) is 2.57. The molecule has 1 heterocycles. The molecule has 1 aliphatic heterocycles. The van der Waals surface area contributed by atoms with Gasteiger partial charge in [0.15, 0.2) is 9.84 Å². The van der Waals surface area contributed by atoms with Gasteiger partial charge in [0.25, 0.3) is 0 Å². The van der Waals surface area contributed by atoms with Crippen LogP contribution in [0.15, 0.2) is 29.2 Å². The fourth-order valence-corrected chi connectivity index (χ4v) is 3.45. The van der Waals surface area contributed by atoms with Gasteiger partial charge in [-0.25, -0.2) is 13.2 Å². The van der Waals surface area contributed by atoms with Crippen LogP contribution in [0.4, 0.5) is 5.69 Å². The van der Waals surface area contributed by atoms with Crippen LogP contribution in [0.3, 0.4) is 0 Å². The van der Waals surface area contributed by atoms with Crippen molar-refractivity contribution in [3.05, 3.63) is 24.3 Å². The lowest BCUT2D eigenvalue weighted by Gasteiger charge is -2.25. The van der Waals surface area contributed by atoms with E-state index in [2.05, 4.69) is 0 Å². The number of hydrogen-bond donors (Lipinski definition) is 0. The van der Waals surface area contributed by atoms with E-state index in [1.807, 2.05) is 4.90 Å².